The first kappa shape index (κ1) is 11.1. The van der Waals surface area contributed by atoms with Crippen molar-refractivity contribution in [2.45, 2.75) is 6.54 Å². The van der Waals surface area contributed by atoms with Crippen molar-refractivity contribution in [3.05, 3.63) is 23.3 Å². The molecule has 0 spiro atoms. The van der Waals surface area contributed by atoms with Gasteiger partial charge in [0.15, 0.2) is 23.1 Å². The highest BCUT2D eigenvalue weighted by atomic mass is 19.1. The summed E-state index contributed by atoms with van der Waals surface area (Å²) >= 11 is 0. The highest BCUT2D eigenvalue weighted by Gasteiger charge is 2.18. The van der Waals surface area contributed by atoms with Crippen LogP contribution in [0.2, 0.25) is 0 Å². The molecule has 0 bridgehead atoms. The molecule has 4 nitrogen and oxygen atoms in total. The second-order valence-corrected chi connectivity index (χ2v) is 2.61. The Balaban J connectivity index is 3.35. The first-order valence-corrected chi connectivity index (χ1v) is 3.89. The third kappa shape index (κ3) is 2.11. The van der Waals surface area contributed by atoms with E-state index in [2.05, 4.69) is 9.73 Å². The van der Waals surface area contributed by atoms with Gasteiger partial charge in [0.1, 0.15) is 0 Å². The van der Waals surface area contributed by atoms with E-state index in [-0.39, 0.29) is 11.3 Å². The van der Waals surface area contributed by atoms with Gasteiger partial charge >= 0.3 is 0 Å². The fourth-order valence-corrected chi connectivity index (χ4v) is 1.12. The Bertz CT molecular complexity index is 428. The van der Waals surface area contributed by atoms with E-state index in [1.807, 2.05) is 0 Å². The van der Waals surface area contributed by atoms with Crippen molar-refractivity contribution >= 4 is 6.08 Å². The van der Waals surface area contributed by atoms with Crippen LogP contribution >= 0.6 is 0 Å². The fraction of sp³-hybridized carbons (Fsp3) is 0.222. The minimum absolute atomic E-state index is 0.224. The summed E-state index contributed by atoms with van der Waals surface area (Å²) in [6.07, 6.45) is 1.20. The normalized spacial score (nSPS) is 9.53. The summed E-state index contributed by atoms with van der Waals surface area (Å²) < 4.78 is 30.6. The predicted molar refractivity (Wildman–Crippen MR) is 46.4 cm³/mol. The van der Waals surface area contributed by atoms with Crippen LogP contribution in [0.15, 0.2) is 11.1 Å². The minimum atomic E-state index is -1.13. The lowest BCUT2D eigenvalue weighted by atomic mass is 10.1. The van der Waals surface area contributed by atoms with Crippen molar-refractivity contribution < 1.29 is 23.4 Å². The molecule has 1 aromatic rings. The number of phenols is 1. The van der Waals surface area contributed by atoms with Crippen LogP contribution in [-0.2, 0) is 11.3 Å². The lowest BCUT2D eigenvalue weighted by Gasteiger charge is -2.09. The van der Waals surface area contributed by atoms with E-state index in [1.165, 1.54) is 6.08 Å². The van der Waals surface area contributed by atoms with Crippen LogP contribution in [0.4, 0.5) is 8.78 Å². The van der Waals surface area contributed by atoms with E-state index in [1.54, 1.807) is 0 Å². The summed E-state index contributed by atoms with van der Waals surface area (Å²) in [5.41, 5.74) is -0.224. The number of aromatic hydroxyl groups is 1. The average molecular weight is 215 g/mol. The van der Waals surface area contributed by atoms with Gasteiger partial charge in [0.2, 0.25) is 6.08 Å². The number of isocyanates is 1. The number of carbonyl (C=O) groups excluding carboxylic acids is 1. The van der Waals surface area contributed by atoms with Gasteiger partial charge < -0.3 is 9.84 Å². The highest BCUT2D eigenvalue weighted by molar-refractivity contribution is 5.47. The van der Waals surface area contributed by atoms with Gasteiger partial charge in [-0.3, -0.25) is 0 Å². The number of aliphatic imine (C=N–C) groups is 1. The predicted octanol–water partition coefficient (Wildman–Crippen LogP) is 1.51. The Morgan fingerprint density at radius 1 is 1.53 bits per heavy atom. The number of phenolic OH excluding ortho intramolecular Hbond substituents is 1. The van der Waals surface area contributed by atoms with Crippen LogP contribution in [0.1, 0.15) is 5.56 Å². The van der Waals surface area contributed by atoms with E-state index in [4.69, 9.17) is 0 Å². The van der Waals surface area contributed by atoms with Gasteiger partial charge in [0.25, 0.3) is 0 Å². The standard InChI is InChI=1S/C9H7F2NO3/c1-15-9-5(3-12-4-13)8(14)6(10)2-7(9)11/h2,14H,3H2,1H3. The van der Waals surface area contributed by atoms with Crippen molar-refractivity contribution in [1.29, 1.82) is 0 Å². The van der Waals surface area contributed by atoms with Gasteiger partial charge in [-0.25, -0.2) is 18.6 Å². The topological polar surface area (TPSA) is 58.9 Å². The first-order valence-electron chi connectivity index (χ1n) is 3.89. The van der Waals surface area contributed by atoms with E-state index in [0.29, 0.717) is 6.07 Å². The quantitative estimate of drug-likeness (QED) is 0.614. The summed E-state index contributed by atoms with van der Waals surface area (Å²) in [4.78, 5) is 13.0. The van der Waals surface area contributed by atoms with Crippen LogP contribution < -0.4 is 4.74 Å². The zero-order valence-corrected chi connectivity index (χ0v) is 7.75. The van der Waals surface area contributed by atoms with Crippen LogP contribution in [0.25, 0.3) is 0 Å². The molecule has 0 unspecified atom stereocenters. The number of ether oxygens (including phenoxy) is 1. The lowest BCUT2D eigenvalue weighted by molar-refractivity contribution is 0.362. The Hall–Kier alpha value is -1.94. The summed E-state index contributed by atoms with van der Waals surface area (Å²) in [6, 6.07) is 0.488. The Kier molecular flexibility index (Phi) is 3.36. The van der Waals surface area contributed by atoms with Gasteiger partial charge in [-0.15, -0.1) is 0 Å². The van der Waals surface area contributed by atoms with Crippen LogP contribution in [0.5, 0.6) is 11.5 Å². The number of nitrogens with zero attached hydrogens (tertiary/aromatic N) is 1. The van der Waals surface area contributed by atoms with Crippen LogP contribution in [0.3, 0.4) is 0 Å². The zero-order valence-electron chi connectivity index (χ0n) is 7.75. The number of halogens is 2. The van der Waals surface area contributed by atoms with Crippen molar-refractivity contribution in [2.24, 2.45) is 4.99 Å². The van der Waals surface area contributed by atoms with Gasteiger partial charge in [0, 0.05) is 6.07 Å². The first-order chi connectivity index (χ1) is 7.11. The molecule has 6 heteroatoms. The molecular weight excluding hydrogens is 208 g/mol. The molecule has 0 atom stereocenters. The Morgan fingerprint density at radius 3 is 2.73 bits per heavy atom. The summed E-state index contributed by atoms with van der Waals surface area (Å²) in [5, 5.41) is 9.25. The zero-order chi connectivity index (χ0) is 11.4. The third-order valence-corrected chi connectivity index (χ3v) is 1.76. The average Bonchev–Trinajstić information content (AvgIpc) is 2.21. The van der Waals surface area contributed by atoms with E-state index in [0.717, 1.165) is 7.11 Å². The van der Waals surface area contributed by atoms with Crippen molar-refractivity contribution in [3.63, 3.8) is 0 Å². The minimum Gasteiger partial charge on any atom is -0.504 e. The monoisotopic (exact) mass is 215 g/mol. The van der Waals surface area contributed by atoms with Crippen LogP contribution in [0, 0.1) is 11.6 Å². The SMILES string of the molecule is COc1c(F)cc(F)c(O)c1CN=C=O. The maximum absolute atomic E-state index is 13.1. The molecular formula is C9H7F2NO3. The number of rotatable bonds is 3. The molecule has 15 heavy (non-hydrogen) atoms. The molecule has 0 radical (unpaired) electrons. The molecule has 0 aliphatic heterocycles. The van der Waals surface area contributed by atoms with E-state index < -0.39 is 23.9 Å². The summed E-state index contributed by atoms with van der Waals surface area (Å²) in [6.45, 7) is -0.396. The van der Waals surface area contributed by atoms with Gasteiger partial charge in [-0.2, -0.15) is 0 Å². The summed E-state index contributed by atoms with van der Waals surface area (Å²) in [7, 11) is 1.16. The molecule has 0 saturated carbocycles. The molecule has 0 saturated heterocycles. The molecule has 0 amide bonds. The number of hydrogen-bond acceptors (Lipinski definition) is 4. The molecule has 80 valence electrons. The maximum Gasteiger partial charge on any atom is 0.235 e. The fourth-order valence-electron chi connectivity index (χ4n) is 1.12. The highest BCUT2D eigenvalue weighted by Crippen LogP contribution is 2.33. The van der Waals surface area contributed by atoms with Gasteiger partial charge in [-0.05, 0) is 0 Å². The smallest absolute Gasteiger partial charge is 0.235 e. The molecule has 0 heterocycles. The Labute approximate surface area is 83.8 Å². The number of methoxy groups -OCH3 is 1. The molecule has 0 aromatic heterocycles. The maximum atomic E-state index is 13.1. The van der Waals surface area contributed by atoms with Crippen molar-refractivity contribution in [1.82, 2.24) is 0 Å². The molecule has 1 aromatic carbocycles. The second-order valence-electron chi connectivity index (χ2n) is 2.61. The second kappa shape index (κ2) is 4.52. The lowest BCUT2D eigenvalue weighted by Crippen LogP contribution is -1.97. The Morgan fingerprint density at radius 2 is 2.20 bits per heavy atom. The molecule has 0 aliphatic rings. The largest absolute Gasteiger partial charge is 0.504 e. The van der Waals surface area contributed by atoms with Crippen molar-refractivity contribution in [3.8, 4) is 11.5 Å². The van der Waals surface area contributed by atoms with Crippen LogP contribution in [-0.4, -0.2) is 18.3 Å². The summed E-state index contributed by atoms with van der Waals surface area (Å²) in [5.74, 6) is -3.23. The molecule has 1 rings (SSSR count). The molecule has 0 aliphatic carbocycles. The molecule has 1 N–H and O–H groups in total. The van der Waals surface area contributed by atoms with Gasteiger partial charge in [0.05, 0.1) is 19.2 Å². The van der Waals surface area contributed by atoms with Gasteiger partial charge in [-0.1, -0.05) is 0 Å². The molecule has 0 fully saturated rings. The van der Waals surface area contributed by atoms with Crippen molar-refractivity contribution in [2.75, 3.05) is 7.11 Å². The number of benzene rings is 1. The number of hydrogen-bond donors (Lipinski definition) is 1. The van der Waals surface area contributed by atoms with E-state index in [9.17, 15) is 18.7 Å². The third-order valence-electron chi connectivity index (χ3n) is 1.76. The van der Waals surface area contributed by atoms with E-state index >= 15 is 0 Å².